The van der Waals surface area contributed by atoms with E-state index in [2.05, 4.69) is 24.1 Å². The van der Waals surface area contributed by atoms with E-state index in [1.54, 1.807) is 12.1 Å². The Hall–Kier alpha value is -2.69. The summed E-state index contributed by atoms with van der Waals surface area (Å²) in [5.41, 5.74) is 2.05. The molecule has 0 fully saturated rings. The van der Waals surface area contributed by atoms with Gasteiger partial charge in [0.1, 0.15) is 0 Å². The van der Waals surface area contributed by atoms with Crippen molar-refractivity contribution in [3.05, 3.63) is 59.4 Å². The minimum Gasteiger partial charge on any atom is -0.478 e. The Balaban J connectivity index is 2.14. The number of carboxylic acids is 1. The molecule has 2 aromatic rings. The Morgan fingerprint density at radius 3 is 2.33 bits per heavy atom. The summed E-state index contributed by atoms with van der Waals surface area (Å²) < 4.78 is 0. The van der Waals surface area contributed by atoms with Crippen LogP contribution in [0.2, 0.25) is 0 Å². The fraction of sp³-hybridized carbons (Fsp3) is 0.188. The molecular formula is C16H16N2O3. The van der Waals surface area contributed by atoms with Gasteiger partial charge in [0, 0.05) is 11.8 Å². The molecule has 5 heteroatoms. The Labute approximate surface area is 122 Å². The summed E-state index contributed by atoms with van der Waals surface area (Å²) in [6.07, 6.45) is 2.64. The molecule has 2 N–H and O–H groups in total. The first-order valence-electron chi connectivity index (χ1n) is 6.57. The van der Waals surface area contributed by atoms with Crippen molar-refractivity contribution >= 4 is 17.6 Å². The molecule has 0 unspecified atom stereocenters. The van der Waals surface area contributed by atoms with Gasteiger partial charge in [0.25, 0.3) is 5.91 Å². The van der Waals surface area contributed by atoms with E-state index in [0.717, 1.165) is 5.56 Å². The third-order valence-electron chi connectivity index (χ3n) is 3.08. The van der Waals surface area contributed by atoms with E-state index in [-0.39, 0.29) is 11.5 Å². The number of carbonyl (C=O) groups excluding carboxylic acids is 1. The molecule has 5 nitrogen and oxygen atoms in total. The van der Waals surface area contributed by atoms with E-state index in [0.29, 0.717) is 17.2 Å². The average Bonchev–Trinajstić information content (AvgIpc) is 2.47. The maximum absolute atomic E-state index is 12.1. The number of hydrogen-bond acceptors (Lipinski definition) is 3. The zero-order chi connectivity index (χ0) is 15.4. The van der Waals surface area contributed by atoms with Gasteiger partial charge in [0.2, 0.25) is 0 Å². The zero-order valence-electron chi connectivity index (χ0n) is 11.8. The van der Waals surface area contributed by atoms with E-state index >= 15 is 0 Å². The monoisotopic (exact) mass is 284 g/mol. The summed E-state index contributed by atoms with van der Waals surface area (Å²) in [5.74, 6) is -0.979. The molecule has 0 aliphatic rings. The van der Waals surface area contributed by atoms with Crippen molar-refractivity contribution in [2.75, 3.05) is 5.32 Å². The van der Waals surface area contributed by atoms with Gasteiger partial charge in [-0.2, -0.15) is 0 Å². The fourth-order valence-corrected chi connectivity index (χ4v) is 1.85. The van der Waals surface area contributed by atoms with Gasteiger partial charge in [-0.15, -0.1) is 0 Å². The Morgan fingerprint density at radius 1 is 1.10 bits per heavy atom. The summed E-state index contributed by atoms with van der Waals surface area (Å²) in [6.45, 7) is 4.16. The van der Waals surface area contributed by atoms with Crippen LogP contribution in [0.25, 0.3) is 0 Å². The van der Waals surface area contributed by atoms with Crippen LogP contribution in [-0.4, -0.2) is 22.0 Å². The molecule has 0 atom stereocenters. The molecule has 1 aromatic heterocycles. The SMILES string of the molecule is CC(C)c1ccc(C(=O)Nc2cncc(C(=O)O)c2)cc1. The lowest BCUT2D eigenvalue weighted by Crippen LogP contribution is -2.12. The normalized spacial score (nSPS) is 10.4. The molecule has 0 saturated carbocycles. The Morgan fingerprint density at radius 2 is 1.76 bits per heavy atom. The predicted molar refractivity (Wildman–Crippen MR) is 79.7 cm³/mol. The smallest absolute Gasteiger partial charge is 0.337 e. The van der Waals surface area contributed by atoms with Crippen molar-refractivity contribution in [2.24, 2.45) is 0 Å². The van der Waals surface area contributed by atoms with E-state index in [1.165, 1.54) is 18.5 Å². The second kappa shape index (κ2) is 6.17. The number of anilines is 1. The third kappa shape index (κ3) is 3.66. The second-order valence-electron chi connectivity index (χ2n) is 5.00. The van der Waals surface area contributed by atoms with E-state index in [4.69, 9.17) is 5.11 Å². The topological polar surface area (TPSA) is 79.3 Å². The number of hydrogen-bond donors (Lipinski definition) is 2. The molecule has 0 aliphatic heterocycles. The van der Waals surface area contributed by atoms with Crippen LogP contribution in [0.3, 0.4) is 0 Å². The molecule has 0 saturated heterocycles. The van der Waals surface area contributed by atoms with Gasteiger partial charge in [0.05, 0.1) is 17.4 Å². The molecular weight excluding hydrogens is 268 g/mol. The summed E-state index contributed by atoms with van der Waals surface area (Å²) in [4.78, 5) is 26.7. The van der Waals surface area contributed by atoms with E-state index in [1.807, 2.05) is 12.1 Å². The minimum absolute atomic E-state index is 0.0305. The number of aromatic carboxylic acids is 1. The van der Waals surface area contributed by atoms with E-state index in [9.17, 15) is 9.59 Å². The Bertz CT molecular complexity index is 663. The van der Waals surface area contributed by atoms with Crippen molar-refractivity contribution < 1.29 is 14.7 Å². The highest BCUT2D eigenvalue weighted by Gasteiger charge is 2.09. The van der Waals surface area contributed by atoms with Gasteiger partial charge >= 0.3 is 5.97 Å². The van der Waals surface area contributed by atoms with Crippen LogP contribution in [0.4, 0.5) is 5.69 Å². The number of aromatic nitrogens is 1. The molecule has 0 spiro atoms. The minimum atomic E-state index is -1.08. The number of pyridine rings is 1. The molecule has 1 heterocycles. The van der Waals surface area contributed by atoms with Crippen LogP contribution in [-0.2, 0) is 0 Å². The molecule has 0 radical (unpaired) electrons. The number of carboxylic acid groups (broad SMARTS) is 1. The zero-order valence-corrected chi connectivity index (χ0v) is 11.8. The Kier molecular flexibility index (Phi) is 4.33. The summed E-state index contributed by atoms with van der Waals surface area (Å²) in [5, 5.41) is 11.5. The van der Waals surface area contributed by atoms with Gasteiger partial charge in [0.15, 0.2) is 0 Å². The van der Waals surface area contributed by atoms with Gasteiger partial charge in [-0.25, -0.2) is 4.79 Å². The first-order valence-corrected chi connectivity index (χ1v) is 6.57. The van der Waals surface area contributed by atoms with E-state index < -0.39 is 5.97 Å². The fourth-order valence-electron chi connectivity index (χ4n) is 1.85. The summed E-state index contributed by atoms with van der Waals surface area (Å²) in [6, 6.07) is 8.69. The van der Waals surface area contributed by atoms with Crippen molar-refractivity contribution in [3.63, 3.8) is 0 Å². The number of nitrogens with one attached hydrogen (secondary N) is 1. The molecule has 1 aromatic carbocycles. The molecule has 21 heavy (non-hydrogen) atoms. The lowest BCUT2D eigenvalue weighted by Gasteiger charge is -2.08. The van der Waals surface area contributed by atoms with Crippen LogP contribution in [0.5, 0.6) is 0 Å². The highest BCUT2D eigenvalue weighted by molar-refractivity contribution is 6.04. The standard InChI is InChI=1S/C16H16N2O3/c1-10(2)11-3-5-12(6-4-11)15(19)18-14-7-13(16(20)21)8-17-9-14/h3-10H,1-2H3,(H,18,19)(H,20,21). The number of carbonyl (C=O) groups is 2. The van der Waals surface area contributed by atoms with Crippen molar-refractivity contribution in [3.8, 4) is 0 Å². The van der Waals surface area contributed by atoms with Gasteiger partial charge in [-0.1, -0.05) is 26.0 Å². The maximum Gasteiger partial charge on any atom is 0.337 e. The van der Waals surface area contributed by atoms with Gasteiger partial charge in [-0.05, 0) is 29.7 Å². The summed E-state index contributed by atoms with van der Waals surface area (Å²) >= 11 is 0. The van der Waals surface area contributed by atoms with Crippen molar-refractivity contribution in [1.82, 2.24) is 4.98 Å². The number of benzene rings is 1. The van der Waals surface area contributed by atoms with Crippen molar-refractivity contribution in [2.45, 2.75) is 19.8 Å². The highest BCUT2D eigenvalue weighted by atomic mass is 16.4. The lowest BCUT2D eigenvalue weighted by atomic mass is 10.0. The molecule has 2 rings (SSSR count). The van der Waals surface area contributed by atoms with Crippen LogP contribution < -0.4 is 5.32 Å². The predicted octanol–water partition coefficient (Wildman–Crippen LogP) is 3.16. The molecule has 0 bridgehead atoms. The molecule has 108 valence electrons. The highest BCUT2D eigenvalue weighted by Crippen LogP contribution is 2.16. The van der Waals surface area contributed by atoms with Gasteiger partial charge < -0.3 is 10.4 Å². The third-order valence-corrected chi connectivity index (χ3v) is 3.08. The maximum atomic E-state index is 12.1. The average molecular weight is 284 g/mol. The quantitative estimate of drug-likeness (QED) is 0.903. The lowest BCUT2D eigenvalue weighted by molar-refractivity contribution is 0.0696. The summed E-state index contributed by atoms with van der Waals surface area (Å²) in [7, 11) is 0. The number of amides is 1. The van der Waals surface area contributed by atoms with Crippen LogP contribution in [0, 0.1) is 0 Å². The number of rotatable bonds is 4. The second-order valence-corrected chi connectivity index (χ2v) is 5.00. The van der Waals surface area contributed by atoms with Crippen LogP contribution in [0.1, 0.15) is 46.0 Å². The van der Waals surface area contributed by atoms with Gasteiger partial charge in [-0.3, -0.25) is 9.78 Å². The van der Waals surface area contributed by atoms with Crippen molar-refractivity contribution in [1.29, 1.82) is 0 Å². The number of nitrogens with zero attached hydrogens (tertiary/aromatic N) is 1. The molecule has 0 aliphatic carbocycles. The largest absolute Gasteiger partial charge is 0.478 e. The first kappa shape index (κ1) is 14.7. The van der Waals surface area contributed by atoms with Crippen LogP contribution in [0.15, 0.2) is 42.7 Å². The molecule has 1 amide bonds. The first-order chi connectivity index (χ1) is 9.97. The van der Waals surface area contributed by atoms with Crippen LogP contribution >= 0.6 is 0 Å².